The summed E-state index contributed by atoms with van der Waals surface area (Å²) in [5.41, 5.74) is 0. The molecule has 0 bridgehead atoms. The maximum atomic E-state index is 11.7. The highest BCUT2D eigenvalue weighted by molar-refractivity contribution is 7.19. The lowest BCUT2D eigenvalue weighted by Crippen LogP contribution is -2.47. The molecule has 22 heavy (non-hydrogen) atoms. The molecule has 1 unspecified atom stereocenters. The van der Waals surface area contributed by atoms with E-state index in [2.05, 4.69) is 16.8 Å². The molecule has 0 radical (unpaired) electrons. The van der Waals surface area contributed by atoms with Gasteiger partial charge in [-0.1, -0.05) is 32.0 Å². The van der Waals surface area contributed by atoms with Crippen molar-refractivity contribution < 1.29 is 9.90 Å². The first-order valence-electron chi connectivity index (χ1n) is 7.79. The molecule has 1 aliphatic rings. The summed E-state index contributed by atoms with van der Waals surface area (Å²) in [5, 5.41) is 10.8. The Morgan fingerprint density at radius 1 is 1.18 bits per heavy atom. The molecule has 1 saturated heterocycles. The zero-order valence-electron chi connectivity index (χ0n) is 13.5. The van der Waals surface area contributed by atoms with Crippen LogP contribution in [0.2, 0.25) is 0 Å². The number of likely N-dealkylation sites (N-methyl/N-ethyl adjacent to an activating group) is 1. The second-order valence-corrected chi connectivity index (χ2v) is 6.38. The number of piperazine rings is 1. The van der Waals surface area contributed by atoms with Gasteiger partial charge in [-0.25, -0.2) is 0 Å². The van der Waals surface area contributed by atoms with Gasteiger partial charge in [0, 0.05) is 35.8 Å². The summed E-state index contributed by atoms with van der Waals surface area (Å²) < 4.78 is 1.16. The van der Waals surface area contributed by atoms with Crippen molar-refractivity contribution in [2.45, 2.75) is 19.9 Å². The van der Waals surface area contributed by atoms with Crippen LogP contribution in [0.5, 0.6) is 0 Å². The summed E-state index contributed by atoms with van der Waals surface area (Å²) in [6, 6.07) is 9.58. The zero-order valence-corrected chi connectivity index (χ0v) is 14.3. The van der Waals surface area contributed by atoms with E-state index in [0.717, 1.165) is 41.1 Å². The second kappa shape index (κ2) is 7.72. The molecule has 1 aromatic carbocycles. The minimum Gasteiger partial charge on any atom is -0.480 e. The molecule has 1 aromatic heterocycles. The lowest BCUT2D eigenvalue weighted by atomic mass is 10.1. The van der Waals surface area contributed by atoms with E-state index in [9.17, 15) is 9.90 Å². The van der Waals surface area contributed by atoms with Crippen molar-refractivity contribution in [1.29, 1.82) is 0 Å². The number of fused-ring (bicyclic) bond motifs is 1. The minimum atomic E-state index is -0.749. The quantitative estimate of drug-likeness (QED) is 0.942. The highest BCUT2D eigenvalue weighted by Crippen LogP contribution is 2.33. The molecular weight excluding hydrogens is 296 g/mol. The van der Waals surface area contributed by atoms with Crippen molar-refractivity contribution in [2.24, 2.45) is 0 Å². The van der Waals surface area contributed by atoms with E-state index in [1.165, 1.54) is 0 Å². The topological polar surface area (TPSA) is 43.8 Å². The van der Waals surface area contributed by atoms with Gasteiger partial charge in [-0.2, -0.15) is 0 Å². The predicted molar refractivity (Wildman–Crippen MR) is 92.6 cm³/mol. The molecule has 2 heterocycles. The van der Waals surface area contributed by atoms with Crippen LogP contribution in [0, 0.1) is 0 Å². The fraction of sp³-hybridized carbons (Fsp3) is 0.471. The Labute approximate surface area is 136 Å². The van der Waals surface area contributed by atoms with Crippen molar-refractivity contribution >= 4 is 27.4 Å². The van der Waals surface area contributed by atoms with Crippen molar-refractivity contribution in [2.75, 3.05) is 33.2 Å². The number of nitrogens with zero attached hydrogens (tertiary/aromatic N) is 2. The van der Waals surface area contributed by atoms with E-state index in [1.54, 1.807) is 11.3 Å². The summed E-state index contributed by atoms with van der Waals surface area (Å²) in [6.07, 6.45) is 0. The van der Waals surface area contributed by atoms with Crippen LogP contribution >= 0.6 is 11.3 Å². The van der Waals surface area contributed by atoms with Crippen molar-refractivity contribution in [3.8, 4) is 0 Å². The van der Waals surface area contributed by atoms with Gasteiger partial charge in [0.15, 0.2) is 0 Å². The molecule has 0 aliphatic carbocycles. The van der Waals surface area contributed by atoms with Crippen LogP contribution in [0.3, 0.4) is 0 Å². The Kier molecular flexibility index (Phi) is 5.94. The standard InChI is InChI=1S/C15H18N2O2S.C2H6/c1-16-6-8-17(9-7-16)14(15(18)19)13-10-11-4-2-3-5-12(11)20-13;1-2/h2-5,10,14H,6-9H2,1H3,(H,18,19);1-2H3. The molecule has 1 fully saturated rings. The predicted octanol–water partition coefficient (Wildman–Crippen LogP) is 3.30. The molecule has 0 spiro atoms. The molecule has 120 valence electrons. The number of rotatable bonds is 3. The summed E-state index contributed by atoms with van der Waals surface area (Å²) in [6.45, 7) is 7.47. The van der Waals surface area contributed by atoms with Crippen LogP contribution in [-0.2, 0) is 4.79 Å². The number of hydrogen-bond acceptors (Lipinski definition) is 4. The van der Waals surface area contributed by atoms with Gasteiger partial charge < -0.3 is 10.0 Å². The van der Waals surface area contributed by atoms with Gasteiger partial charge >= 0.3 is 5.97 Å². The first-order valence-corrected chi connectivity index (χ1v) is 8.60. The van der Waals surface area contributed by atoms with E-state index in [-0.39, 0.29) is 0 Å². The Balaban J connectivity index is 0.000000847. The first-order chi connectivity index (χ1) is 10.6. The Morgan fingerprint density at radius 3 is 2.41 bits per heavy atom. The smallest absolute Gasteiger partial charge is 0.326 e. The Hall–Kier alpha value is -1.43. The van der Waals surface area contributed by atoms with Crippen LogP contribution in [0.25, 0.3) is 10.1 Å². The first kappa shape index (κ1) is 16.9. The molecular formula is C17H24N2O2S. The van der Waals surface area contributed by atoms with Gasteiger partial charge in [-0.05, 0) is 24.6 Å². The minimum absolute atomic E-state index is 0.513. The van der Waals surface area contributed by atoms with Gasteiger partial charge in [-0.15, -0.1) is 11.3 Å². The second-order valence-electron chi connectivity index (χ2n) is 5.27. The third kappa shape index (κ3) is 3.66. The lowest BCUT2D eigenvalue weighted by molar-refractivity contribution is -0.144. The van der Waals surface area contributed by atoms with Crippen LogP contribution in [0.1, 0.15) is 24.8 Å². The third-order valence-electron chi connectivity index (χ3n) is 3.85. The normalized spacial score (nSPS) is 17.8. The molecule has 0 saturated carbocycles. The molecule has 1 aliphatic heterocycles. The molecule has 1 N–H and O–H groups in total. The van der Waals surface area contributed by atoms with E-state index < -0.39 is 12.0 Å². The summed E-state index contributed by atoms with van der Waals surface area (Å²) in [4.78, 5) is 17.0. The summed E-state index contributed by atoms with van der Waals surface area (Å²) in [7, 11) is 2.08. The molecule has 2 aromatic rings. The van der Waals surface area contributed by atoms with E-state index in [4.69, 9.17) is 0 Å². The van der Waals surface area contributed by atoms with E-state index in [1.807, 2.05) is 44.2 Å². The molecule has 1 atom stereocenters. The average Bonchev–Trinajstić information content (AvgIpc) is 2.94. The highest BCUT2D eigenvalue weighted by Gasteiger charge is 2.30. The van der Waals surface area contributed by atoms with Crippen molar-refractivity contribution in [3.63, 3.8) is 0 Å². The molecule has 0 amide bonds. The van der Waals surface area contributed by atoms with Gasteiger partial charge in [0.05, 0.1) is 0 Å². The number of carboxylic acids is 1. The molecule has 5 heteroatoms. The summed E-state index contributed by atoms with van der Waals surface area (Å²) >= 11 is 1.59. The number of benzene rings is 1. The van der Waals surface area contributed by atoms with E-state index >= 15 is 0 Å². The maximum absolute atomic E-state index is 11.7. The van der Waals surface area contributed by atoms with Gasteiger partial charge in [-0.3, -0.25) is 9.69 Å². The van der Waals surface area contributed by atoms with Crippen LogP contribution in [0.4, 0.5) is 0 Å². The third-order valence-corrected chi connectivity index (χ3v) is 5.02. The zero-order chi connectivity index (χ0) is 16.1. The van der Waals surface area contributed by atoms with Crippen LogP contribution < -0.4 is 0 Å². The largest absolute Gasteiger partial charge is 0.480 e. The molecule has 4 nitrogen and oxygen atoms in total. The SMILES string of the molecule is CC.CN1CCN(C(C(=O)O)c2cc3ccccc3s2)CC1. The maximum Gasteiger partial charge on any atom is 0.326 e. The Morgan fingerprint density at radius 2 is 1.82 bits per heavy atom. The van der Waals surface area contributed by atoms with Crippen molar-refractivity contribution in [3.05, 3.63) is 35.2 Å². The van der Waals surface area contributed by atoms with Crippen LogP contribution in [0.15, 0.2) is 30.3 Å². The van der Waals surface area contributed by atoms with Gasteiger partial charge in [0.2, 0.25) is 0 Å². The fourth-order valence-corrected chi connectivity index (χ4v) is 3.87. The Bertz CT molecular complexity index is 585. The number of hydrogen-bond donors (Lipinski definition) is 1. The highest BCUT2D eigenvalue weighted by atomic mass is 32.1. The number of thiophene rings is 1. The van der Waals surface area contributed by atoms with E-state index in [0.29, 0.717) is 0 Å². The summed E-state index contributed by atoms with van der Waals surface area (Å²) in [5.74, 6) is -0.749. The number of carbonyl (C=O) groups is 1. The fourth-order valence-electron chi connectivity index (χ4n) is 2.68. The lowest BCUT2D eigenvalue weighted by Gasteiger charge is -2.35. The number of carboxylic acid groups (broad SMARTS) is 1. The van der Waals surface area contributed by atoms with Gasteiger partial charge in [0.25, 0.3) is 0 Å². The van der Waals surface area contributed by atoms with Crippen molar-refractivity contribution in [1.82, 2.24) is 9.80 Å². The van der Waals surface area contributed by atoms with Gasteiger partial charge in [0.1, 0.15) is 6.04 Å². The average molecular weight is 320 g/mol. The molecule has 3 rings (SSSR count). The monoisotopic (exact) mass is 320 g/mol. The van der Waals surface area contributed by atoms with Crippen LogP contribution in [-0.4, -0.2) is 54.1 Å². The number of aliphatic carboxylic acids is 1.